The van der Waals surface area contributed by atoms with Crippen LogP contribution in [0.3, 0.4) is 0 Å². The van der Waals surface area contributed by atoms with Crippen molar-refractivity contribution in [3.8, 4) is 5.75 Å². The van der Waals surface area contributed by atoms with Crippen LogP contribution in [0.4, 0.5) is 9.52 Å². The summed E-state index contributed by atoms with van der Waals surface area (Å²) in [6, 6.07) is 13.6. The maximum atomic E-state index is 13.6. The number of benzene rings is 2. The number of carbonyl (C=O) groups excluding carboxylic acids is 1. The second-order valence-electron chi connectivity index (χ2n) is 5.60. The number of ether oxygens (including phenoxy) is 1. The van der Waals surface area contributed by atoms with Crippen LogP contribution in [0.2, 0.25) is 0 Å². The predicted octanol–water partition coefficient (Wildman–Crippen LogP) is 3.14. The standard InChI is InChI=1S/C19H17FN4O2S/c20-17-4-2-1-3-14(17)11-26-16-7-5-13(6-8-16)10-22-24-18(25)9-15-12-27-19(21)23-15/h1-8,10,12H,9,11H2,(H2,21,23)(H,24,25)/b22-10+. The summed E-state index contributed by atoms with van der Waals surface area (Å²) in [5, 5.41) is 6.07. The molecule has 3 aromatic rings. The molecule has 1 amide bonds. The Morgan fingerprint density at radius 2 is 2.04 bits per heavy atom. The number of rotatable bonds is 7. The van der Waals surface area contributed by atoms with Crippen molar-refractivity contribution < 1.29 is 13.9 Å². The number of amides is 1. The SMILES string of the molecule is Nc1nc(CC(=O)N/N=C/c2ccc(OCc3ccccc3F)cc2)cs1. The summed E-state index contributed by atoms with van der Waals surface area (Å²) in [7, 11) is 0. The number of nitrogens with zero attached hydrogens (tertiary/aromatic N) is 2. The van der Waals surface area contributed by atoms with Crippen LogP contribution in [0.25, 0.3) is 0 Å². The summed E-state index contributed by atoms with van der Waals surface area (Å²) in [5.74, 6) is 0.0410. The molecule has 27 heavy (non-hydrogen) atoms. The van der Waals surface area contributed by atoms with Crippen LogP contribution in [-0.4, -0.2) is 17.1 Å². The van der Waals surface area contributed by atoms with Crippen LogP contribution in [0.1, 0.15) is 16.8 Å². The third kappa shape index (κ3) is 5.61. The topological polar surface area (TPSA) is 89.6 Å². The maximum Gasteiger partial charge on any atom is 0.246 e. The Kier molecular flexibility index (Phi) is 6.11. The molecule has 0 radical (unpaired) electrons. The van der Waals surface area contributed by atoms with Gasteiger partial charge in [-0.05, 0) is 35.9 Å². The summed E-state index contributed by atoms with van der Waals surface area (Å²) < 4.78 is 19.1. The van der Waals surface area contributed by atoms with Crippen molar-refractivity contribution in [2.45, 2.75) is 13.0 Å². The molecule has 0 fully saturated rings. The molecule has 3 N–H and O–H groups in total. The number of hydrazone groups is 1. The second-order valence-corrected chi connectivity index (χ2v) is 6.49. The summed E-state index contributed by atoms with van der Waals surface area (Å²) in [4.78, 5) is 15.8. The summed E-state index contributed by atoms with van der Waals surface area (Å²) >= 11 is 1.29. The Bertz CT molecular complexity index is 941. The zero-order valence-electron chi connectivity index (χ0n) is 14.3. The van der Waals surface area contributed by atoms with Gasteiger partial charge in [0.05, 0.1) is 18.3 Å². The Morgan fingerprint density at radius 3 is 2.74 bits per heavy atom. The molecule has 0 bridgehead atoms. The van der Waals surface area contributed by atoms with Gasteiger partial charge in [0.15, 0.2) is 5.13 Å². The van der Waals surface area contributed by atoms with Crippen molar-refractivity contribution in [2.75, 3.05) is 5.73 Å². The molecule has 1 heterocycles. The maximum absolute atomic E-state index is 13.6. The first-order chi connectivity index (χ1) is 13.1. The van der Waals surface area contributed by atoms with Crippen LogP contribution >= 0.6 is 11.3 Å². The van der Waals surface area contributed by atoms with Gasteiger partial charge in [-0.25, -0.2) is 14.8 Å². The summed E-state index contributed by atoms with van der Waals surface area (Å²) in [6.45, 7) is 0.150. The summed E-state index contributed by atoms with van der Waals surface area (Å²) in [6.07, 6.45) is 1.64. The zero-order valence-corrected chi connectivity index (χ0v) is 15.1. The van der Waals surface area contributed by atoms with Gasteiger partial charge in [-0.1, -0.05) is 18.2 Å². The number of hydrogen-bond acceptors (Lipinski definition) is 6. The van der Waals surface area contributed by atoms with Gasteiger partial charge in [0.2, 0.25) is 5.91 Å². The van der Waals surface area contributed by atoms with Gasteiger partial charge >= 0.3 is 0 Å². The zero-order chi connectivity index (χ0) is 19.1. The Hall–Kier alpha value is -3.26. The van der Waals surface area contributed by atoms with E-state index < -0.39 is 0 Å². The van der Waals surface area contributed by atoms with E-state index in [4.69, 9.17) is 10.5 Å². The number of nitrogen functional groups attached to an aromatic ring is 1. The quantitative estimate of drug-likeness (QED) is 0.484. The molecule has 0 unspecified atom stereocenters. The van der Waals surface area contributed by atoms with Crippen LogP contribution in [-0.2, 0) is 17.8 Å². The second kappa shape index (κ2) is 8.91. The third-order valence-corrected chi connectivity index (χ3v) is 4.27. The van der Waals surface area contributed by atoms with E-state index in [9.17, 15) is 9.18 Å². The van der Waals surface area contributed by atoms with Crippen LogP contribution in [0.5, 0.6) is 5.75 Å². The Morgan fingerprint density at radius 1 is 1.26 bits per heavy atom. The minimum atomic E-state index is -0.294. The fourth-order valence-corrected chi connectivity index (χ4v) is 2.78. The van der Waals surface area contributed by atoms with Crippen molar-refractivity contribution in [3.05, 3.63) is 76.5 Å². The van der Waals surface area contributed by atoms with E-state index >= 15 is 0 Å². The molecule has 0 spiro atoms. The Balaban J connectivity index is 1.47. The van der Waals surface area contributed by atoms with Gasteiger partial charge in [-0.15, -0.1) is 11.3 Å². The molecule has 0 atom stereocenters. The van der Waals surface area contributed by atoms with Crippen LogP contribution < -0.4 is 15.9 Å². The molecule has 0 saturated carbocycles. The largest absolute Gasteiger partial charge is 0.489 e. The lowest BCUT2D eigenvalue weighted by Crippen LogP contribution is -2.19. The number of thiazole rings is 1. The minimum absolute atomic E-state index is 0.119. The van der Waals surface area contributed by atoms with Crippen molar-refractivity contribution in [3.63, 3.8) is 0 Å². The van der Waals surface area contributed by atoms with E-state index in [1.807, 2.05) is 0 Å². The minimum Gasteiger partial charge on any atom is -0.489 e. The number of nitrogens with two attached hydrogens (primary N) is 1. The number of nitrogens with one attached hydrogen (secondary N) is 1. The lowest BCUT2D eigenvalue weighted by molar-refractivity contribution is -0.120. The smallest absolute Gasteiger partial charge is 0.246 e. The van der Waals surface area contributed by atoms with E-state index in [-0.39, 0.29) is 24.8 Å². The molecule has 6 nitrogen and oxygen atoms in total. The fourth-order valence-electron chi connectivity index (χ4n) is 2.21. The van der Waals surface area contributed by atoms with Crippen molar-refractivity contribution in [1.29, 1.82) is 0 Å². The molecule has 138 valence electrons. The van der Waals surface area contributed by atoms with E-state index in [1.54, 1.807) is 47.8 Å². The Labute approximate surface area is 159 Å². The number of anilines is 1. The van der Waals surface area contributed by atoms with Crippen molar-refractivity contribution >= 4 is 28.6 Å². The van der Waals surface area contributed by atoms with Crippen LogP contribution in [0, 0.1) is 5.82 Å². The third-order valence-electron chi connectivity index (χ3n) is 3.55. The average Bonchev–Trinajstić information content (AvgIpc) is 3.07. The predicted molar refractivity (Wildman–Crippen MR) is 103 cm³/mol. The molecule has 0 aliphatic heterocycles. The number of halogens is 1. The first-order valence-electron chi connectivity index (χ1n) is 8.08. The molecule has 2 aromatic carbocycles. The number of carbonyl (C=O) groups is 1. The van der Waals surface area contributed by atoms with Gasteiger partial charge in [0.1, 0.15) is 18.2 Å². The highest BCUT2D eigenvalue weighted by atomic mass is 32.1. The molecule has 0 aliphatic carbocycles. The lowest BCUT2D eigenvalue weighted by atomic mass is 10.2. The molecular formula is C19H17FN4O2S. The van der Waals surface area contributed by atoms with E-state index in [1.165, 1.54) is 23.6 Å². The highest BCUT2D eigenvalue weighted by molar-refractivity contribution is 7.13. The van der Waals surface area contributed by atoms with Crippen molar-refractivity contribution in [1.82, 2.24) is 10.4 Å². The number of hydrogen-bond donors (Lipinski definition) is 2. The van der Waals surface area contributed by atoms with Gasteiger partial charge in [0, 0.05) is 10.9 Å². The summed E-state index contributed by atoms with van der Waals surface area (Å²) in [5.41, 5.74) is 9.85. The first-order valence-corrected chi connectivity index (χ1v) is 8.96. The number of aromatic nitrogens is 1. The van der Waals surface area contributed by atoms with Crippen molar-refractivity contribution in [2.24, 2.45) is 5.10 Å². The molecule has 3 rings (SSSR count). The average molecular weight is 384 g/mol. The van der Waals surface area contributed by atoms with Gasteiger partial charge < -0.3 is 10.5 Å². The molecular weight excluding hydrogens is 367 g/mol. The van der Waals surface area contributed by atoms with E-state index in [0.717, 1.165) is 5.56 Å². The fraction of sp³-hybridized carbons (Fsp3) is 0.105. The molecule has 0 saturated heterocycles. The van der Waals surface area contributed by atoms with Gasteiger partial charge in [0.25, 0.3) is 0 Å². The first kappa shape index (κ1) is 18.5. The normalized spacial score (nSPS) is 10.9. The monoisotopic (exact) mass is 384 g/mol. The lowest BCUT2D eigenvalue weighted by Gasteiger charge is -2.07. The van der Waals surface area contributed by atoms with Gasteiger partial charge in [-0.2, -0.15) is 5.10 Å². The van der Waals surface area contributed by atoms with E-state index in [2.05, 4.69) is 15.5 Å². The highest BCUT2D eigenvalue weighted by Crippen LogP contribution is 2.15. The molecule has 1 aromatic heterocycles. The highest BCUT2D eigenvalue weighted by Gasteiger charge is 2.05. The van der Waals surface area contributed by atoms with Gasteiger partial charge in [-0.3, -0.25) is 4.79 Å². The van der Waals surface area contributed by atoms with Crippen LogP contribution in [0.15, 0.2) is 59.0 Å². The molecule has 0 aliphatic rings. The molecule has 8 heteroatoms. The van der Waals surface area contributed by atoms with E-state index in [0.29, 0.717) is 22.1 Å².